The number of amides is 3. The summed E-state index contributed by atoms with van der Waals surface area (Å²) in [6.07, 6.45) is 0.285. The first-order valence-corrected chi connectivity index (χ1v) is 9.64. The molecule has 10 heteroatoms. The molecule has 0 radical (unpaired) electrons. The minimum absolute atomic E-state index is 0.00661. The number of carboxylic acids is 1. The Kier molecular flexibility index (Phi) is 9.76. The fourth-order valence-corrected chi connectivity index (χ4v) is 2.71. The number of benzene rings is 1. The summed E-state index contributed by atoms with van der Waals surface area (Å²) in [5.41, 5.74) is 5.83. The van der Waals surface area contributed by atoms with Crippen LogP contribution in [0.2, 0.25) is 0 Å². The molecule has 0 bridgehead atoms. The fraction of sp³-hybridized carbons (Fsp3) is 0.500. The van der Waals surface area contributed by atoms with Crippen molar-refractivity contribution in [2.75, 3.05) is 6.54 Å². The Balaban J connectivity index is 2.86. The molecule has 1 rings (SSSR count). The van der Waals surface area contributed by atoms with Crippen LogP contribution < -0.4 is 21.7 Å². The van der Waals surface area contributed by atoms with Crippen molar-refractivity contribution in [2.45, 2.75) is 51.7 Å². The summed E-state index contributed by atoms with van der Waals surface area (Å²) in [7, 11) is 0. The molecule has 3 unspecified atom stereocenters. The highest BCUT2D eigenvalue weighted by Gasteiger charge is 2.28. The van der Waals surface area contributed by atoms with E-state index in [-0.39, 0.29) is 31.1 Å². The van der Waals surface area contributed by atoms with Gasteiger partial charge in [-0.2, -0.15) is 0 Å². The van der Waals surface area contributed by atoms with Gasteiger partial charge in [0.15, 0.2) is 0 Å². The number of aliphatic carboxylic acids is 1. The zero-order valence-corrected chi connectivity index (χ0v) is 17.3. The van der Waals surface area contributed by atoms with Crippen LogP contribution in [0.25, 0.3) is 0 Å². The maximum absolute atomic E-state index is 12.7. The second-order valence-electron chi connectivity index (χ2n) is 7.45. The van der Waals surface area contributed by atoms with Crippen LogP contribution in [0, 0.1) is 5.92 Å². The Morgan fingerprint density at radius 1 is 0.933 bits per heavy atom. The number of phenols is 1. The third-order valence-electron chi connectivity index (χ3n) is 4.29. The Hall–Kier alpha value is -3.14. The molecule has 1 aromatic carbocycles. The van der Waals surface area contributed by atoms with E-state index in [1.54, 1.807) is 12.1 Å². The van der Waals surface area contributed by atoms with Gasteiger partial charge in [-0.25, -0.2) is 4.79 Å². The van der Waals surface area contributed by atoms with E-state index in [1.807, 2.05) is 13.8 Å². The fourth-order valence-electron chi connectivity index (χ4n) is 2.71. The molecular formula is C20H30N4O6. The van der Waals surface area contributed by atoms with Gasteiger partial charge in [0.05, 0.1) is 6.54 Å². The van der Waals surface area contributed by atoms with Crippen LogP contribution in [0.15, 0.2) is 24.3 Å². The molecule has 0 aliphatic carbocycles. The summed E-state index contributed by atoms with van der Waals surface area (Å²) < 4.78 is 0. The standard InChI is InChI=1S/C20H30N4O6/c1-11(2)8-15(23-18(27)12(3)22-17(26)10-21)19(28)24-16(20(29)30)9-13-4-6-14(25)7-5-13/h4-7,11-12,15-16,25H,8-10,21H2,1-3H3,(H,22,26)(H,23,27)(H,24,28)(H,29,30). The lowest BCUT2D eigenvalue weighted by atomic mass is 10.0. The number of phenolic OH excluding ortho intramolecular Hbond substituents is 1. The smallest absolute Gasteiger partial charge is 0.326 e. The Labute approximate surface area is 175 Å². The second kappa shape index (κ2) is 11.8. The number of hydrogen-bond acceptors (Lipinski definition) is 6. The molecule has 0 fully saturated rings. The predicted molar refractivity (Wildman–Crippen MR) is 109 cm³/mol. The molecule has 0 aliphatic rings. The topological polar surface area (TPSA) is 171 Å². The van der Waals surface area contributed by atoms with Crippen molar-refractivity contribution in [3.05, 3.63) is 29.8 Å². The van der Waals surface area contributed by atoms with Crippen LogP contribution in [0.5, 0.6) is 5.75 Å². The molecule has 3 amide bonds. The number of aromatic hydroxyl groups is 1. The zero-order valence-electron chi connectivity index (χ0n) is 17.3. The largest absolute Gasteiger partial charge is 0.508 e. The van der Waals surface area contributed by atoms with Gasteiger partial charge in [-0.3, -0.25) is 14.4 Å². The van der Waals surface area contributed by atoms with E-state index in [0.29, 0.717) is 5.56 Å². The predicted octanol–water partition coefficient (Wildman–Crippen LogP) is -0.502. The molecule has 166 valence electrons. The summed E-state index contributed by atoms with van der Waals surface area (Å²) in [6, 6.07) is 2.87. The average molecular weight is 422 g/mol. The summed E-state index contributed by atoms with van der Waals surface area (Å²) in [5.74, 6) is -2.87. The second-order valence-corrected chi connectivity index (χ2v) is 7.45. The number of nitrogens with two attached hydrogens (primary N) is 1. The molecule has 0 heterocycles. The SMILES string of the molecule is CC(C)CC(NC(=O)C(C)NC(=O)CN)C(=O)NC(Cc1ccc(O)cc1)C(=O)O. The first-order valence-electron chi connectivity index (χ1n) is 9.64. The van der Waals surface area contributed by atoms with E-state index in [1.165, 1.54) is 19.1 Å². The van der Waals surface area contributed by atoms with Crippen molar-refractivity contribution < 1.29 is 29.4 Å². The molecule has 0 saturated heterocycles. The van der Waals surface area contributed by atoms with Crippen LogP contribution in [0.1, 0.15) is 32.8 Å². The summed E-state index contributed by atoms with van der Waals surface area (Å²) >= 11 is 0. The molecular weight excluding hydrogens is 392 g/mol. The van der Waals surface area contributed by atoms with Crippen molar-refractivity contribution in [2.24, 2.45) is 11.7 Å². The molecule has 7 N–H and O–H groups in total. The van der Waals surface area contributed by atoms with Crippen molar-refractivity contribution in [1.29, 1.82) is 0 Å². The minimum atomic E-state index is -1.23. The minimum Gasteiger partial charge on any atom is -0.508 e. The number of rotatable bonds is 11. The van der Waals surface area contributed by atoms with Gasteiger partial charge in [0, 0.05) is 6.42 Å². The number of carbonyl (C=O) groups is 4. The van der Waals surface area contributed by atoms with E-state index >= 15 is 0 Å². The van der Waals surface area contributed by atoms with Gasteiger partial charge >= 0.3 is 5.97 Å². The lowest BCUT2D eigenvalue weighted by Gasteiger charge is -2.24. The highest BCUT2D eigenvalue weighted by atomic mass is 16.4. The number of nitrogens with one attached hydrogen (secondary N) is 3. The highest BCUT2D eigenvalue weighted by molar-refractivity contribution is 5.93. The van der Waals surface area contributed by atoms with Crippen molar-refractivity contribution in [3.8, 4) is 5.75 Å². The Morgan fingerprint density at radius 2 is 1.50 bits per heavy atom. The molecule has 3 atom stereocenters. The van der Waals surface area contributed by atoms with E-state index in [0.717, 1.165) is 0 Å². The molecule has 1 aromatic rings. The number of hydrogen-bond donors (Lipinski definition) is 6. The first-order chi connectivity index (χ1) is 14.0. The molecule has 0 aromatic heterocycles. The molecule has 0 saturated carbocycles. The summed E-state index contributed by atoms with van der Waals surface area (Å²) in [5, 5.41) is 26.2. The highest BCUT2D eigenvalue weighted by Crippen LogP contribution is 2.12. The quantitative estimate of drug-likeness (QED) is 0.279. The number of carboxylic acid groups (broad SMARTS) is 1. The third kappa shape index (κ3) is 8.48. The van der Waals surface area contributed by atoms with Gasteiger partial charge in [-0.1, -0.05) is 26.0 Å². The lowest BCUT2D eigenvalue weighted by molar-refractivity contribution is -0.142. The van der Waals surface area contributed by atoms with Gasteiger partial charge in [0.25, 0.3) is 0 Å². The van der Waals surface area contributed by atoms with Crippen molar-refractivity contribution in [3.63, 3.8) is 0 Å². The first kappa shape index (κ1) is 24.9. The van der Waals surface area contributed by atoms with Gasteiger partial charge in [-0.15, -0.1) is 0 Å². The Morgan fingerprint density at radius 3 is 2.00 bits per heavy atom. The Bertz CT molecular complexity index is 750. The zero-order chi connectivity index (χ0) is 22.8. The van der Waals surface area contributed by atoms with Crippen LogP contribution in [0.4, 0.5) is 0 Å². The van der Waals surface area contributed by atoms with Gasteiger partial charge < -0.3 is 31.9 Å². The van der Waals surface area contributed by atoms with Gasteiger partial charge in [0.2, 0.25) is 17.7 Å². The van der Waals surface area contributed by atoms with Crippen LogP contribution >= 0.6 is 0 Å². The molecule has 0 spiro atoms. The number of carbonyl (C=O) groups excluding carboxylic acids is 3. The molecule has 30 heavy (non-hydrogen) atoms. The van der Waals surface area contributed by atoms with Crippen LogP contribution in [-0.2, 0) is 25.6 Å². The van der Waals surface area contributed by atoms with Crippen molar-refractivity contribution in [1.82, 2.24) is 16.0 Å². The maximum atomic E-state index is 12.7. The van der Waals surface area contributed by atoms with Crippen molar-refractivity contribution >= 4 is 23.7 Å². The van der Waals surface area contributed by atoms with E-state index in [2.05, 4.69) is 16.0 Å². The lowest BCUT2D eigenvalue weighted by Crippen LogP contribution is -2.56. The summed E-state index contributed by atoms with van der Waals surface area (Å²) in [6.45, 7) is 4.90. The van der Waals surface area contributed by atoms with E-state index in [4.69, 9.17) is 5.73 Å². The molecule has 0 aliphatic heterocycles. The average Bonchev–Trinajstić information content (AvgIpc) is 2.67. The van der Waals surface area contributed by atoms with E-state index in [9.17, 15) is 29.4 Å². The summed E-state index contributed by atoms with van der Waals surface area (Å²) in [4.78, 5) is 48.1. The normalized spacial score (nSPS) is 13.8. The molecule has 10 nitrogen and oxygen atoms in total. The third-order valence-corrected chi connectivity index (χ3v) is 4.29. The van der Waals surface area contributed by atoms with Crippen LogP contribution in [-0.4, -0.2) is 58.6 Å². The monoisotopic (exact) mass is 422 g/mol. The van der Waals surface area contributed by atoms with E-state index < -0.39 is 41.8 Å². The van der Waals surface area contributed by atoms with Gasteiger partial charge in [-0.05, 0) is 37.0 Å². The van der Waals surface area contributed by atoms with Gasteiger partial charge in [0.1, 0.15) is 23.9 Å². The van der Waals surface area contributed by atoms with Crippen LogP contribution in [0.3, 0.4) is 0 Å². The maximum Gasteiger partial charge on any atom is 0.326 e.